The highest BCUT2D eigenvalue weighted by atomic mass is 79.9. The Bertz CT molecular complexity index is 301. The Balaban J connectivity index is 2.46. The van der Waals surface area contributed by atoms with Gasteiger partial charge >= 0.3 is 0 Å². The third-order valence-corrected chi connectivity index (χ3v) is 4.96. The molecule has 1 aromatic rings. The van der Waals surface area contributed by atoms with E-state index in [0.717, 1.165) is 35.9 Å². The number of alkyl halides is 2. The topological polar surface area (TPSA) is 0 Å². The van der Waals surface area contributed by atoms with Gasteiger partial charge in [-0.3, -0.25) is 0 Å². The van der Waals surface area contributed by atoms with Crippen LogP contribution in [-0.2, 0) is 6.42 Å². The number of halogens is 3. The average Bonchev–Trinajstić information content (AvgIpc) is 2.64. The Labute approximate surface area is 118 Å². The fourth-order valence-electron chi connectivity index (χ4n) is 1.73. The second-order valence-corrected chi connectivity index (χ2v) is 7.07. The first kappa shape index (κ1) is 14.7. The molecule has 0 spiro atoms. The van der Waals surface area contributed by atoms with Crippen LogP contribution < -0.4 is 0 Å². The molecule has 0 fully saturated rings. The zero-order valence-electron chi connectivity index (χ0n) is 9.39. The zero-order chi connectivity index (χ0) is 12.0. The van der Waals surface area contributed by atoms with Gasteiger partial charge in [-0.15, -0.1) is 11.3 Å². The van der Waals surface area contributed by atoms with Crippen LogP contribution in [0.1, 0.15) is 31.1 Å². The standard InChI is InChI=1S/C12H17Br2FS/c1-2-9(7-10(14)3-5-13)8-12-11(15)4-6-16-12/h4,6,9-10H,2-3,5,7-8H2,1H3. The number of rotatable bonds is 7. The molecule has 0 bridgehead atoms. The third-order valence-electron chi connectivity index (χ3n) is 2.75. The molecule has 16 heavy (non-hydrogen) atoms. The Morgan fingerprint density at radius 3 is 2.75 bits per heavy atom. The van der Waals surface area contributed by atoms with Crippen LogP contribution in [0.15, 0.2) is 11.4 Å². The van der Waals surface area contributed by atoms with Gasteiger partial charge in [-0.2, -0.15) is 0 Å². The molecule has 1 aromatic heterocycles. The highest BCUT2D eigenvalue weighted by Gasteiger charge is 2.15. The van der Waals surface area contributed by atoms with Crippen LogP contribution in [0.3, 0.4) is 0 Å². The summed E-state index contributed by atoms with van der Waals surface area (Å²) in [5.74, 6) is 0.548. The van der Waals surface area contributed by atoms with Crippen molar-refractivity contribution in [3.8, 4) is 0 Å². The van der Waals surface area contributed by atoms with E-state index in [1.807, 2.05) is 5.38 Å². The summed E-state index contributed by atoms with van der Waals surface area (Å²) in [5.41, 5.74) is 0. The van der Waals surface area contributed by atoms with Crippen molar-refractivity contribution in [1.82, 2.24) is 0 Å². The van der Waals surface area contributed by atoms with Crippen LogP contribution in [0, 0.1) is 11.7 Å². The summed E-state index contributed by atoms with van der Waals surface area (Å²) in [6.45, 7) is 2.18. The normalized spacial score (nSPS) is 15.0. The minimum Gasteiger partial charge on any atom is -0.206 e. The first-order chi connectivity index (χ1) is 7.67. The van der Waals surface area contributed by atoms with Crippen molar-refractivity contribution >= 4 is 43.2 Å². The van der Waals surface area contributed by atoms with Gasteiger partial charge in [-0.25, -0.2) is 4.39 Å². The molecule has 1 rings (SSSR count). The van der Waals surface area contributed by atoms with E-state index in [2.05, 4.69) is 38.8 Å². The molecule has 0 saturated carbocycles. The quantitative estimate of drug-likeness (QED) is 0.563. The lowest BCUT2D eigenvalue weighted by Gasteiger charge is -2.17. The van der Waals surface area contributed by atoms with E-state index in [1.165, 1.54) is 11.3 Å². The molecule has 0 aromatic carbocycles. The van der Waals surface area contributed by atoms with Crippen LogP contribution in [0.4, 0.5) is 4.39 Å². The molecule has 2 unspecified atom stereocenters. The Morgan fingerprint density at radius 2 is 2.25 bits per heavy atom. The lowest BCUT2D eigenvalue weighted by molar-refractivity contribution is 0.454. The van der Waals surface area contributed by atoms with E-state index in [9.17, 15) is 4.39 Å². The van der Waals surface area contributed by atoms with Crippen molar-refractivity contribution in [2.45, 2.75) is 37.4 Å². The summed E-state index contributed by atoms with van der Waals surface area (Å²) in [6, 6.07) is 1.57. The van der Waals surface area contributed by atoms with Gasteiger partial charge in [0.2, 0.25) is 0 Å². The summed E-state index contributed by atoms with van der Waals surface area (Å²) in [6.07, 6.45) is 4.25. The molecule has 2 atom stereocenters. The molecule has 0 saturated heterocycles. The summed E-state index contributed by atoms with van der Waals surface area (Å²) in [7, 11) is 0. The van der Waals surface area contributed by atoms with Crippen molar-refractivity contribution in [3.05, 3.63) is 22.1 Å². The van der Waals surface area contributed by atoms with Crippen molar-refractivity contribution in [2.24, 2.45) is 5.92 Å². The van der Waals surface area contributed by atoms with Crippen molar-refractivity contribution in [3.63, 3.8) is 0 Å². The predicted octanol–water partition coefficient (Wildman–Crippen LogP) is 5.39. The number of thiophene rings is 1. The molecule has 0 aliphatic heterocycles. The molecule has 1 heterocycles. The summed E-state index contributed by atoms with van der Waals surface area (Å²) >= 11 is 8.66. The first-order valence-corrected chi connectivity index (χ1v) is 8.50. The number of hydrogen-bond donors (Lipinski definition) is 0. The SMILES string of the molecule is CCC(Cc1sccc1F)CC(Br)CCBr. The largest absolute Gasteiger partial charge is 0.206 e. The fourth-order valence-corrected chi connectivity index (χ4v) is 4.51. The maximum absolute atomic E-state index is 13.3. The molecule has 0 aliphatic rings. The Hall–Kier alpha value is 0.590. The Morgan fingerprint density at radius 1 is 1.50 bits per heavy atom. The number of hydrogen-bond acceptors (Lipinski definition) is 1. The lowest BCUT2D eigenvalue weighted by atomic mass is 9.95. The average molecular weight is 372 g/mol. The monoisotopic (exact) mass is 370 g/mol. The highest BCUT2D eigenvalue weighted by Crippen LogP contribution is 2.26. The molecule has 4 heteroatoms. The van der Waals surface area contributed by atoms with Crippen LogP contribution in [0.2, 0.25) is 0 Å². The van der Waals surface area contributed by atoms with Gasteiger partial charge < -0.3 is 0 Å². The van der Waals surface area contributed by atoms with Crippen molar-refractivity contribution in [2.75, 3.05) is 5.33 Å². The second-order valence-electron chi connectivity index (χ2n) is 3.98. The molecule has 0 N–H and O–H groups in total. The summed E-state index contributed by atoms with van der Waals surface area (Å²) in [4.78, 5) is 1.45. The van der Waals surface area contributed by atoms with Gasteiger partial charge in [0.05, 0.1) is 0 Å². The van der Waals surface area contributed by atoms with E-state index < -0.39 is 0 Å². The van der Waals surface area contributed by atoms with Crippen molar-refractivity contribution < 1.29 is 4.39 Å². The van der Waals surface area contributed by atoms with Crippen LogP contribution in [-0.4, -0.2) is 10.2 Å². The minimum absolute atomic E-state index is 0.0323. The van der Waals surface area contributed by atoms with Gasteiger partial charge in [-0.05, 0) is 36.6 Å². The fraction of sp³-hybridized carbons (Fsp3) is 0.667. The van der Waals surface area contributed by atoms with Gasteiger partial charge in [0.15, 0.2) is 0 Å². The van der Waals surface area contributed by atoms with E-state index in [1.54, 1.807) is 6.07 Å². The first-order valence-electron chi connectivity index (χ1n) is 5.59. The maximum Gasteiger partial charge on any atom is 0.137 e. The maximum atomic E-state index is 13.3. The van der Waals surface area contributed by atoms with Crippen LogP contribution >= 0.6 is 43.2 Å². The van der Waals surface area contributed by atoms with Gasteiger partial charge in [0, 0.05) is 15.0 Å². The smallest absolute Gasteiger partial charge is 0.137 e. The molecular weight excluding hydrogens is 355 g/mol. The van der Waals surface area contributed by atoms with E-state index in [-0.39, 0.29) is 5.82 Å². The third kappa shape index (κ3) is 4.84. The summed E-state index contributed by atoms with van der Waals surface area (Å²) < 4.78 is 13.3. The molecule has 92 valence electrons. The van der Waals surface area contributed by atoms with Gasteiger partial charge in [0.1, 0.15) is 5.82 Å². The molecule has 0 radical (unpaired) electrons. The second kappa shape index (κ2) is 7.83. The summed E-state index contributed by atoms with van der Waals surface area (Å²) in [5, 5.41) is 2.86. The molecular formula is C12H17Br2FS. The lowest BCUT2D eigenvalue weighted by Crippen LogP contribution is -2.11. The van der Waals surface area contributed by atoms with Crippen LogP contribution in [0.25, 0.3) is 0 Å². The van der Waals surface area contributed by atoms with Gasteiger partial charge in [0.25, 0.3) is 0 Å². The molecule has 0 amide bonds. The van der Waals surface area contributed by atoms with Crippen molar-refractivity contribution in [1.29, 1.82) is 0 Å². The highest BCUT2D eigenvalue weighted by molar-refractivity contribution is 9.10. The predicted molar refractivity (Wildman–Crippen MR) is 77.5 cm³/mol. The Kier molecular flexibility index (Phi) is 7.17. The molecule has 0 aliphatic carbocycles. The van der Waals surface area contributed by atoms with E-state index in [4.69, 9.17) is 0 Å². The molecule has 0 nitrogen and oxygen atoms in total. The zero-order valence-corrected chi connectivity index (χ0v) is 13.4. The minimum atomic E-state index is -0.0323. The van der Waals surface area contributed by atoms with Crippen LogP contribution in [0.5, 0.6) is 0 Å². The van der Waals surface area contributed by atoms with E-state index in [0.29, 0.717) is 10.7 Å². The van der Waals surface area contributed by atoms with E-state index >= 15 is 0 Å². The van der Waals surface area contributed by atoms with Gasteiger partial charge in [-0.1, -0.05) is 45.2 Å².